The molecule has 0 N–H and O–H groups in total. The van der Waals surface area contributed by atoms with E-state index in [9.17, 15) is 0 Å². The number of fused-ring (bicyclic) bond motifs is 9. The Labute approximate surface area is 190 Å². The fourth-order valence-electron chi connectivity index (χ4n) is 5.34. The van der Waals surface area contributed by atoms with Gasteiger partial charge in [0, 0.05) is 21.2 Å². The Balaban J connectivity index is 1.80. The van der Waals surface area contributed by atoms with Crippen LogP contribution in [0.15, 0.2) is 109 Å². The average molecular weight is 428 g/mol. The monoisotopic (exact) mass is 427 g/mol. The van der Waals surface area contributed by atoms with E-state index in [1.54, 1.807) is 0 Å². The first-order chi connectivity index (χ1) is 15.8. The molecule has 0 saturated heterocycles. The Bertz CT molecular complexity index is 1790. The molecular formula is C30H18ClN. The smallest absolute Gasteiger partial charge is 0.0561 e. The maximum absolute atomic E-state index is 6.78. The highest BCUT2D eigenvalue weighted by Gasteiger charge is 2.17. The van der Waals surface area contributed by atoms with Gasteiger partial charge in [0.05, 0.1) is 16.7 Å². The van der Waals surface area contributed by atoms with Crippen molar-refractivity contribution in [2.24, 2.45) is 0 Å². The van der Waals surface area contributed by atoms with E-state index in [2.05, 4.69) is 114 Å². The quantitative estimate of drug-likeness (QED) is 0.230. The number of nitrogens with zero attached hydrogens (tertiary/aromatic N) is 1. The first-order valence-corrected chi connectivity index (χ1v) is 11.2. The molecule has 0 radical (unpaired) electrons. The highest BCUT2D eigenvalue weighted by molar-refractivity contribution is 6.35. The summed E-state index contributed by atoms with van der Waals surface area (Å²) < 4.78 is 2.38. The second-order valence-corrected chi connectivity index (χ2v) is 8.74. The molecule has 2 heteroatoms. The molecule has 1 nitrogen and oxygen atoms in total. The number of benzene rings is 6. The van der Waals surface area contributed by atoms with Crippen LogP contribution in [0.3, 0.4) is 0 Å². The van der Waals surface area contributed by atoms with Crippen LogP contribution in [0.4, 0.5) is 0 Å². The lowest BCUT2D eigenvalue weighted by atomic mass is 9.93. The van der Waals surface area contributed by atoms with Crippen LogP contribution < -0.4 is 0 Å². The van der Waals surface area contributed by atoms with Gasteiger partial charge in [-0.3, -0.25) is 0 Å². The zero-order valence-corrected chi connectivity index (χ0v) is 18.0. The summed E-state index contributed by atoms with van der Waals surface area (Å²) >= 11 is 6.78. The molecule has 0 bridgehead atoms. The Morgan fingerprint density at radius 2 is 0.875 bits per heavy atom. The molecule has 7 aromatic rings. The van der Waals surface area contributed by atoms with Gasteiger partial charge in [0.2, 0.25) is 0 Å². The predicted molar refractivity (Wildman–Crippen MR) is 138 cm³/mol. The second-order valence-electron chi connectivity index (χ2n) is 8.31. The van der Waals surface area contributed by atoms with Gasteiger partial charge in [-0.25, -0.2) is 0 Å². The van der Waals surface area contributed by atoms with Crippen molar-refractivity contribution in [1.82, 2.24) is 4.57 Å². The zero-order chi connectivity index (χ0) is 21.2. The molecule has 0 saturated carbocycles. The SMILES string of the molecule is Clc1cc(-n2c3ccccc3c3ccccc32)c2c3ccccc3c3ccccc3c2c1. The molecule has 0 fully saturated rings. The van der Waals surface area contributed by atoms with Gasteiger partial charge in [-0.05, 0) is 51.2 Å². The Hall–Kier alpha value is -3.81. The van der Waals surface area contributed by atoms with E-state index in [4.69, 9.17) is 11.6 Å². The normalized spacial score (nSPS) is 11.9. The van der Waals surface area contributed by atoms with Crippen molar-refractivity contribution < 1.29 is 0 Å². The number of rotatable bonds is 1. The first-order valence-electron chi connectivity index (χ1n) is 10.8. The number of hydrogen-bond acceptors (Lipinski definition) is 0. The van der Waals surface area contributed by atoms with Gasteiger partial charge in [-0.1, -0.05) is 96.5 Å². The standard InChI is InChI=1S/C30H18ClN/c31-19-17-26-22-11-2-1-9-20(22)21-10-3-4-14-25(21)30(26)29(18-19)32-27-15-7-5-12-23(27)24-13-6-8-16-28(24)32/h1-18H. The number of halogens is 1. The summed E-state index contributed by atoms with van der Waals surface area (Å²) in [5.74, 6) is 0. The van der Waals surface area contributed by atoms with Crippen molar-refractivity contribution in [3.63, 3.8) is 0 Å². The van der Waals surface area contributed by atoms with Crippen molar-refractivity contribution >= 4 is 65.7 Å². The van der Waals surface area contributed by atoms with E-state index >= 15 is 0 Å². The van der Waals surface area contributed by atoms with Crippen LogP contribution in [-0.2, 0) is 0 Å². The van der Waals surface area contributed by atoms with E-state index < -0.39 is 0 Å². The van der Waals surface area contributed by atoms with Crippen molar-refractivity contribution in [1.29, 1.82) is 0 Å². The third-order valence-corrected chi connectivity index (χ3v) is 6.83. The van der Waals surface area contributed by atoms with Gasteiger partial charge in [-0.15, -0.1) is 0 Å². The third kappa shape index (κ3) is 2.34. The van der Waals surface area contributed by atoms with E-state index in [1.807, 2.05) is 0 Å². The van der Waals surface area contributed by atoms with E-state index in [-0.39, 0.29) is 0 Å². The molecular weight excluding hydrogens is 410 g/mol. The minimum Gasteiger partial charge on any atom is -0.309 e. The molecule has 0 amide bonds. The summed E-state index contributed by atoms with van der Waals surface area (Å²) in [4.78, 5) is 0. The Morgan fingerprint density at radius 1 is 0.438 bits per heavy atom. The minimum atomic E-state index is 0.745. The summed E-state index contributed by atoms with van der Waals surface area (Å²) in [5.41, 5.74) is 3.50. The van der Waals surface area contributed by atoms with Gasteiger partial charge in [0.25, 0.3) is 0 Å². The largest absolute Gasteiger partial charge is 0.309 e. The maximum atomic E-state index is 6.78. The number of para-hydroxylation sites is 2. The van der Waals surface area contributed by atoms with Gasteiger partial charge in [0.1, 0.15) is 0 Å². The third-order valence-electron chi connectivity index (χ3n) is 6.61. The van der Waals surface area contributed by atoms with E-state index in [1.165, 1.54) is 54.1 Å². The van der Waals surface area contributed by atoms with Crippen LogP contribution in [0.2, 0.25) is 5.02 Å². The van der Waals surface area contributed by atoms with Crippen LogP contribution in [-0.4, -0.2) is 4.57 Å². The topological polar surface area (TPSA) is 4.93 Å². The lowest BCUT2D eigenvalue weighted by Gasteiger charge is -2.17. The van der Waals surface area contributed by atoms with Crippen molar-refractivity contribution in [2.75, 3.05) is 0 Å². The molecule has 7 rings (SSSR count). The summed E-state index contributed by atoms with van der Waals surface area (Å²) in [5, 5.41) is 10.7. The molecule has 6 aromatic carbocycles. The summed E-state index contributed by atoms with van der Waals surface area (Å²) in [6, 6.07) is 38.8. The molecule has 32 heavy (non-hydrogen) atoms. The van der Waals surface area contributed by atoms with Crippen LogP contribution in [0, 0.1) is 0 Å². The molecule has 0 atom stereocenters. The highest BCUT2D eigenvalue weighted by atomic mass is 35.5. The molecule has 0 aliphatic carbocycles. The van der Waals surface area contributed by atoms with Gasteiger partial charge >= 0.3 is 0 Å². The Kier molecular flexibility index (Phi) is 3.67. The summed E-state index contributed by atoms with van der Waals surface area (Å²) in [6.45, 7) is 0. The zero-order valence-electron chi connectivity index (χ0n) is 17.2. The summed E-state index contributed by atoms with van der Waals surface area (Å²) in [7, 11) is 0. The van der Waals surface area contributed by atoms with Gasteiger partial charge in [0.15, 0.2) is 0 Å². The van der Waals surface area contributed by atoms with Crippen molar-refractivity contribution in [2.45, 2.75) is 0 Å². The molecule has 0 aliphatic rings. The maximum Gasteiger partial charge on any atom is 0.0561 e. The molecule has 0 unspecified atom stereocenters. The average Bonchev–Trinajstić information content (AvgIpc) is 3.18. The van der Waals surface area contributed by atoms with Crippen LogP contribution in [0.5, 0.6) is 0 Å². The Morgan fingerprint density at radius 3 is 1.47 bits per heavy atom. The van der Waals surface area contributed by atoms with Crippen LogP contribution in [0.25, 0.3) is 59.8 Å². The molecule has 0 aliphatic heterocycles. The van der Waals surface area contributed by atoms with Crippen molar-refractivity contribution in [3.8, 4) is 5.69 Å². The van der Waals surface area contributed by atoms with Crippen LogP contribution >= 0.6 is 11.6 Å². The second kappa shape index (κ2) is 6.59. The molecule has 1 aromatic heterocycles. The molecule has 0 spiro atoms. The van der Waals surface area contributed by atoms with E-state index in [0.29, 0.717) is 0 Å². The first kappa shape index (κ1) is 17.8. The van der Waals surface area contributed by atoms with Gasteiger partial charge < -0.3 is 4.57 Å². The lowest BCUT2D eigenvalue weighted by molar-refractivity contribution is 1.20. The predicted octanol–water partition coefficient (Wildman–Crippen LogP) is 8.90. The van der Waals surface area contributed by atoms with Gasteiger partial charge in [-0.2, -0.15) is 0 Å². The fourth-order valence-corrected chi connectivity index (χ4v) is 5.55. The number of aromatic nitrogens is 1. The minimum absolute atomic E-state index is 0.745. The molecule has 1 heterocycles. The van der Waals surface area contributed by atoms with E-state index in [0.717, 1.165) is 10.7 Å². The summed E-state index contributed by atoms with van der Waals surface area (Å²) in [6.07, 6.45) is 0. The highest BCUT2D eigenvalue weighted by Crippen LogP contribution is 2.42. The van der Waals surface area contributed by atoms with Crippen molar-refractivity contribution in [3.05, 3.63) is 114 Å². The molecule has 150 valence electrons. The lowest BCUT2D eigenvalue weighted by Crippen LogP contribution is -1.97. The number of hydrogen-bond donors (Lipinski definition) is 0. The van der Waals surface area contributed by atoms with Crippen LogP contribution in [0.1, 0.15) is 0 Å². The fraction of sp³-hybridized carbons (Fsp3) is 0.